The van der Waals surface area contributed by atoms with Gasteiger partial charge in [-0.15, -0.1) is 11.3 Å². The second-order valence-corrected chi connectivity index (χ2v) is 13.4. The Morgan fingerprint density at radius 2 is 1.14 bits per heavy atom. The number of rotatable bonds is 4. The molecule has 0 aliphatic rings. The fourth-order valence-corrected chi connectivity index (χ4v) is 8.62. The summed E-state index contributed by atoms with van der Waals surface area (Å²) < 4.78 is 53.6. The zero-order chi connectivity index (χ0) is 37.8. The summed E-state index contributed by atoms with van der Waals surface area (Å²) in [6, 6.07) is 40.7. The van der Waals surface area contributed by atoms with E-state index in [1.807, 2.05) is 54.6 Å². The highest BCUT2D eigenvalue weighted by Gasteiger charge is 2.21. The molecule has 5 nitrogen and oxygen atoms in total. The third kappa shape index (κ3) is 4.24. The average Bonchev–Trinajstić information content (AvgIpc) is 3.92. The molecule has 0 aliphatic heterocycles. The van der Waals surface area contributed by atoms with Crippen molar-refractivity contribution in [3.8, 4) is 39.9 Å². The van der Waals surface area contributed by atoms with Crippen molar-refractivity contribution in [2.75, 3.05) is 0 Å². The Morgan fingerprint density at radius 3 is 1.92 bits per heavy atom. The number of hydrogen-bond acceptors (Lipinski definition) is 5. The fourth-order valence-electron chi connectivity index (χ4n) is 7.39. The molecule has 11 aromatic rings. The van der Waals surface area contributed by atoms with Crippen LogP contribution in [-0.4, -0.2) is 19.5 Å². The highest BCUT2D eigenvalue weighted by atomic mass is 32.1. The molecule has 0 aliphatic carbocycles. The fraction of sp³-hybridized carbons (Fsp3) is 0. The maximum Gasteiger partial charge on any atom is 0.167 e. The van der Waals surface area contributed by atoms with Crippen molar-refractivity contribution in [3.05, 3.63) is 158 Å². The second kappa shape index (κ2) is 10.9. The van der Waals surface area contributed by atoms with E-state index in [0.717, 1.165) is 53.2 Å². The van der Waals surface area contributed by atoms with E-state index in [0.29, 0.717) is 22.6 Å². The van der Waals surface area contributed by atoms with Gasteiger partial charge in [0.25, 0.3) is 0 Å². The number of thiophene rings is 1. The molecule has 4 aromatic heterocycles. The van der Waals surface area contributed by atoms with E-state index in [1.165, 1.54) is 10.8 Å². The summed E-state index contributed by atoms with van der Waals surface area (Å²) in [5.74, 6) is 0.533. The van der Waals surface area contributed by atoms with Gasteiger partial charge >= 0.3 is 0 Å². The third-order valence-electron chi connectivity index (χ3n) is 9.57. The molecule has 238 valence electrons. The van der Waals surface area contributed by atoms with Crippen LogP contribution in [0.3, 0.4) is 0 Å². The molecule has 51 heavy (non-hydrogen) atoms. The molecule has 0 atom stereocenters. The lowest BCUT2D eigenvalue weighted by atomic mass is 10.1. The van der Waals surface area contributed by atoms with Gasteiger partial charge in [0.1, 0.15) is 11.2 Å². The predicted molar refractivity (Wildman–Crippen MR) is 211 cm³/mol. The smallest absolute Gasteiger partial charge is 0.167 e. The molecule has 0 N–H and O–H groups in total. The third-order valence-corrected chi connectivity index (χ3v) is 10.8. The Labute approximate surface area is 302 Å². The monoisotopic (exact) mass is 675 g/mol. The molecular weight excluding hydrogens is 645 g/mol. The molecule has 0 unspecified atom stereocenters. The van der Waals surface area contributed by atoms with Gasteiger partial charge in [0.2, 0.25) is 0 Å². The van der Waals surface area contributed by atoms with E-state index in [9.17, 15) is 0 Å². The van der Waals surface area contributed by atoms with Crippen LogP contribution in [0.1, 0.15) is 6.85 Å². The Morgan fingerprint density at radius 1 is 0.529 bits per heavy atom. The number of aromatic nitrogens is 4. The Bertz CT molecular complexity index is 3380. The van der Waals surface area contributed by atoms with Gasteiger partial charge in [-0.1, -0.05) is 115 Å². The van der Waals surface area contributed by atoms with Crippen LogP contribution in [0.25, 0.3) is 104 Å². The molecular formula is C45H26N4OS. The average molecular weight is 676 g/mol. The first-order chi connectivity index (χ1) is 27.4. The minimum absolute atomic E-state index is 0.0285. The number of para-hydroxylation sites is 4. The lowest BCUT2D eigenvalue weighted by molar-refractivity contribution is 0.669. The first-order valence-corrected chi connectivity index (χ1v) is 17.4. The quantitative estimate of drug-likeness (QED) is 0.186. The molecule has 0 saturated carbocycles. The highest BCUT2D eigenvalue weighted by molar-refractivity contribution is 7.26. The lowest BCUT2D eigenvalue weighted by Crippen LogP contribution is -2.00. The van der Waals surface area contributed by atoms with Crippen molar-refractivity contribution in [1.29, 1.82) is 0 Å². The molecule has 0 fully saturated rings. The number of furan rings is 1. The second-order valence-electron chi connectivity index (χ2n) is 12.4. The number of benzene rings is 7. The van der Waals surface area contributed by atoms with Crippen molar-refractivity contribution < 1.29 is 11.3 Å². The Kier molecular flexibility index (Phi) is 5.08. The summed E-state index contributed by atoms with van der Waals surface area (Å²) in [4.78, 5) is 14.8. The largest absolute Gasteiger partial charge is 0.455 e. The summed E-state index contributed by atoms with van der Waals surface area (Å²) in [7, 11) is 0. The molecule has 7 aromatic carbocycles. The molecule has 4 heterocycles. The summed E-state index contributed by atoms with van der Waals surface area (Å²) in [6.07, 6.45) is 0. The van der Waals surface area contributed by atoms with Crippen LogP contribution in [-0.2, 0) is 0 Å². The van der Waals surface area contributed by atoms with Gasteiger partial charge in [-0.2, -0.15) is 0 Å². The van der Waals surface area contributed by atoms with Crippen molar-refractivity contribution in [1.82, 2.24) is 19.5 Å². The maximum absolute atomic E-state index is 8.85. The first kappa shape index (κ1) is 23.7. The van der Waals surface area contributed by atoms with Crippen LogP contribution in [0.5, 0.6) is 0 Å². The SMILES string of the molecule is [2H]c1c([2H])c([2H])c(-c2nc(-c3cccc4c3oc3ccccc34)nc(-c3cccc4c3sc3cccc(-n5c6ccccc6c6ccccc65)c34)n2)c([2H])c1[2H]. The van der Waals surface area contributed by atoms with Crippen molar-refractivity contribution in [3.63, 3.8) is 0 Å². The van der Waals surface area contributed by atoms with Crippen LogP contribution in [0.2, 0.25) is 0 Å². The van der Waals surface area contributed by atoms with Crippen LogP contribution in [0, 0.1) is 0 Å². The topological polar surface area (TPSA) is 56.7 Å². The molecule has 0 radical (unpaired) electrons. The zero-order valence-electron chi connectivity index (χ0n) is 31.7. The van der Waals surface area contributed by atoms with E-state index in [-0.39, 0.29) is 17.2 Å². The van der Waals surface area contributed by atoms with Gasteiger partial charge < -0.3 is 8.98 Å². The molecule has 0 amide bonds. The van der Waals surface area contributed by atoms with Gasteiger partial charge in [0.15, 0.2) is 17.5 Å². The van der Waals surface area contributed by atoms with Gasteiger partial charge in [0.05, 0.1) is 29.1 Å². The van der Waals surface area contributed by atoms with E-state index in [4.69, 9.17) is 26.2 Å². The van der Waals surface area contributed by atoms with Gasteiger partial charge in [-0.3, -0.25) is 0 Å². The Balaban J connectivity index is 1.20. The van der Waals surface area contributed by atoms with E-state index in [2.05, 4.69) is 77.4 Å². The standard InChI is InChI=1S/C45H26N4OS/c1-2-13-27(14-3-1)43-46-44(33-20-10-18-31-30-17-6-9-25-38(30)50-41(31)33)48-45(47-43)34-21-11-19-32-40-37(24-12-26-39(40)51-42(32)34)49-35-22-7-4-15-28(35)29-16-5-8-23-36(29)49/h1-26H/i1D,2D,3D,13D,14D. The molecule has 11 rings (SSSR count). The maximum atomic E-state index is 8.85. The summed E-state index contributed by atoms with van der Waals surface area (Å²) in [5.41, 5.74) is 5.78. The van der Waals surface area contributed by atoms with Crippen LogP contribution >= 0.6 is 11.3 Å². The molecule has 0 saturated heterocycles. The summed E-state index contributed by atoms with van der Waals surface area (Å²) in [6.45, 7) is 0. The van der Waals surface area contributed by atoms with Gasteiger partial charge in [-0.05, 0) is 42.5 Å². The zero-order valence-corrected chi connectivity index (χ0v) is 27.5. The number of nitrogens with zero attached hydrogens (tertiary/aromatic N) is 4. The molecule has 0 spiro atoms. The number of fused-ring (bicyclic) bond motifs is 9. The van der Waals surface area contributed by atoms with Crippen LogP contribution in [0.15, 0.2) is 162 Å². The van der Waals surface area contributed by atoms with E-state index < -0.39 is 30.2 Å². The minimum Gasteiger partial charge on any atom is -0.455 e. The lowest BCUT2D eigenvalue weighted by Gasteiger charge is -2.11. The summed E-state index contributed by atoms with van der Waals surface area (Å²) in [5, 5.41) is 6.29. The predicted octanol–water partition coefficient (Wildman–Crippen LogP) is 12.2. The van der Waals surface area contributed by atoms with Crippen LogP contribution < -0.4 is 0 Å². The van der Waals surface area contributed by atoms with Crippen molar-refractivity contribution >= 4 is 75.3 Å². The minimum atomic E-state index is -0.487. The van der Waals surface area contributed by atoms with Gasteiger partial charge in [-0.25, -0.2) is 15.0 Å². The van der Waals surface area contributed by atoms with E-state index >= 15 is 0 Å². The van der Waals surface area contributed by atoms with Gasteiger partial charge in [0, 0.05) is 52.8 Å². The van der Waals surface area contributed by atoms with Crippen molar-refractivity contribution in [2.24, 2.45) is 0 Å². The number of hydrogen-bond donors (Lipinski definition) is 0. The molecule has 6 heteroatoms. The Hall–Kier alpha value is -6.63. The van der Waals surface area contributed by atoms with Crippen LogP contribution in [0.4, 0.5) is 0 Å². The first-order valence-electron chi connectivity index (χ1n) is 19.0. The summed E-state index contributed by atoms with van der Waals surface area (Å²) >= 11 is 1.64. The van der Waals surface area contributed by atoms with E-state index in [1.54, 1.807) is 11.3 Å². The highest BCUT2D eigenvalue weighted by Crippen LogP contribution is 2.44. The normalized spacial score (nSPS) is 13.3. The molecule has 0 bridgehead atoms. The van der Waals surface area contributed by atoms with Crippen molar-refractivity contribution in [2.45, 2.75) is 0 Å².